The highest BCUT2D eigenvalue weighted by atomic mass is 32.1. The second-order valence-electron chi connectivity index (χ2n) is 8.97. The Morgan fingerprint density at radius 1 is 1.14 bits per heavy atom. The highest BCUT2D eigenvalue weighted by Crippen LogP contribution is 2.42. The number of imide groups is 1. The predicted octanol–water partition coefficient (Wildman–Crippen LogP) is 4.09. The van der Waals surface area contributed by atoms with Crippen molar-refractivity contribution in [2.45, 2.75) is 31.8 Å². The van der Waals surface area contributed by atoms with Gasteiger partial charge >= 0.3 is 6.03 Å². The molecule has 0 radical (unpaired) electrons. The molecule has 0 saturated carbocycles. The number of aromatic nitrogens is 1. The number of urea groups is 1. The molecule has 2 saturated heterocycles. The van der Waals surface area contributed by atoms with Gasteiger partial charge in [-0.1, -0.05) is 18.2 Å². The Hall–Kier alpha value is -3.59. The summed E-state index contributed by atoms with van der Waals surface area (Å²) in [7, 11) is 0. The van der Waals surface area contributed by atoms with Crippen molar-refractivity contribution in [2.75, 3.05) is 13.1 Å². The number of aryl methyl sites for hydroxylation is 1. The molecule has 2 aliphatic heterocycles. The van der Waals surface area contributed by atoms with Crippen LogP contribution in [0.5, 0.6) is 0 Å². The van der Waals surface area contributed by atoms with Crippen LogP contribution in [0.2, 0.25) is 0 Å². The number of likely N-dealkylation sites (tertiary alicyclic amines) is 1. The van der Waals surface area contributed by atoms with Gasteiger partial charge in [-0.2, -0.15) is 0 Å². The summed E-state index contributed by atoms with van der Waals surface area (Å²) in [6, 6.07) is 12.6. The zero-order valence-electron chi connectivity index (χ0n) is 19.2. The number of carbonyl (C=O) groups is 3. The van der Waals surface area contributed by atoms with Gasteiger partial charge in [0.25, 0.3) is 11.8 Å². The van der Waals surface area contributed by atoms with Crippen molar-refractivity contribution < 1.29 is 18.8 Å². The molecule has 35 heavy (non-hydrogen) atoms. The standard InChI is InChI=1S/C26H25FN4O3S/c1-17-4-9-22(35-17)23(32)30-13-10-19(11-14-30)26(20-3-2-12-28-15-20)24(33)31(25(34)29-26)16-18-5-7-21(27)8-6-18/h2-9,12,15,19H,10-11,13-14,16H2,1H3,(H,29,34). The first kappa shape index (κ1) is 23.2. The lowest BCUT2D eigenvalue weighted by molar-refractivity contribution is -0.134. The summed E-state index contributed by atoms with van der Waals surface area (Å²) in [5, 5.41) is 2.99. The Kier molecular flexibility index (Phi) is 6.10. The van der Waals surface area contributed by atoms with Gasteiger partial charge in [0.15, 0.2) is 5.54 Å². The normalized spacial score (nSPS) is 20.9. The van der Waals surface area contributed by atoms with E-state index in [0.717, 1.165) is 4.88 Å². The maximum Gasteiger partial charge on any atom is 0.325 e. The molecule has 7 nitrogen and oxygen atoms in total. The van der Waals surface area contributed by atoms with Crippen LogP contribution in [0.15, 0.2) is 60.9 Å². The van der Waals surface area contributed by atoms with E-state index in [1.807, 2.05) is 24.0 Å². The fourth-order valence-corrected chi connectivity index (χ4v) is 5.87. The van der Waals surface area contributed by atoms with Crippen molar-refractivity contribution in [3.8, 4) is 0 Å². The van der Waals surface area contributed by atoms with Gasteiger partial charge in [-0.15, -0.1) is 11.3 Å². The van der Waals surface area contributed by atoms with Crippen molar-refractivity contribution in [1.29, 1.82) is 0 Å². The van der Waals surface area contributed by atoms with Gasteiger partial charge in [0.2, 0.25) is 0 Å². The quantitative estimate of drug-likeness (QED) is 0.544. The number of hydrogen-bond acceptors (Lipinski definition) is 5. The molecule has 9 heteroatoms. The molecule has 2 aromatic heterocycles. The summed E-state index contributed by atoms with van der Waals surface area (Å²) in [6.07, 6.45) is 4.35. The first-order valence-electron chi connectivity index (χ1n) is 11.5. The van der Waals surface area contributed by atoms with Crippen molar-refractivity contribution in [2.24, 2.45) is 5.92 Å². The van der Waals surface area contributed by atoms with E-state index in [9.17, 15) is 18.8 Å². The molecule has 4 amide bonds. The fraction of sp³-hybridized carbons (Fsp3) is 0.308. The van der Waals surface area contributed by atoms with Crippen LogP contribution in [0.3, 0.4) is 0 Å². The van der Waals surface area contributed by atoms with Crippen molar-refractivity contribution in [3.63, 3.8) is 0 Å². The maximum absolute atomic E-state index is 13.9. The van der Waals surface area contributed by atoms with Crippen LogP contribution in [0.4, 0.5) is 9.18 Å². The molecule has 180 valence electrons. The van der Waals surface area contributed by atoms with Gasteiger partial charge in [0, 0.05) is 35.9 Å². The number of piperidine rings is 1. The van der Waals surface area contributed by atoms with Gasteiger partial charge in [0.05, 0.1) is 11.4 Å². The molecular weight excluding hydrogens is 467 g/mol. The average molecular weight is 493 g/mol. The minimum Gasteiger partial charge on any atom is -0.338 e. The second kappa shape index (κ2) is 9.22. The summed E-state index contributed by atoms with van der Waals surface area (Å²) in [6.45, 7) is 2.99. The first-order valence-corrected chi connectivity index (χ1v) is 12.3. The van der Waals surface area contributed by atoms with Crippen LogP contribution in [0.1, 0.15) is 38.5 Å². The van der Waals surface area contributed by atoms with Crippen molar-refractivity contribution in [1.82, 2.24) is 20.1 Å². The number of rotatable bonds is 5. The van der Waals surface area contributed by atoms with Gasteiger partial charge in [0.1, 0.15) is 5.82 Å². The number of hydrogen-bond donors (Lipinski definition) is 1. The van der Waals surface area contributed by atoms with E-state index in [1.165, 1.54) is 28.4 Å². The molecule has 1 unspecified atom stereocenters. The molecule has 4 heterocycles. The number of nitrogens with zero attached hydrogens (tertiary/aromatic N) is 3. The van der Waals surface area contributed by atoms with E-state index in [0.29, 0.717) is 41.9 Å². The second-order valence-corrected chi connectivity index (χ2v) is 10.3. The molecule has 0 spiro atoms. The molecule has 1 N–H and O–H groups in total. The van der Waals surface area contributed by atoms with Gasteiger partial charge < -0.3 is 10.2 Å². The zero-order valence-corrected chi connectivity index (χ0v) is 20.1. The lowest BCUT2D eigenvalue weighted by atomic mass is 9.73. The number of thiophene rings is 1. The Labute approximate surface area is 206 Å². The molecule has 2 aliphatic rings. The number of benzene rings is 1. The van der Waals surface area contributed by atoms with Crippen LogP contribution < -0.4 is 5.32 Å². The zero-order chi connectivity index (χ0) is 24.6. The number of carbonyl (C=O) groups excluding carboxylic acids is 3. The minimum atomic E-state index is -1.26. The molecule has 0 bridgehead atoms. The summed E-state index contributed by atoms with van der Waals surface area (Å²) in [4.78, 5) is 48.9. The third kappa shape index (κ3) is 4.20. The smallest absolute Gasteiger partial charge is 0.325 e. The summed E-state index contributed by atoms with van der Waals surface area (Å²) >= 11 is 1.47. The molecule has 3 aromatic rings. The van der Waals surface area contributed by atoms with E-state index in [1.54, 1.807) is 36.7 Å². The van der Waals surface area contributed by atoms with E-state index in [-0.39, 0.29) is 30.1 Å². The third-order valence-electron chi connectivity index (χ3n) is 6.85. The first-order chi connectivity index (χ1) is 16.9. The van der Waals surface area contributed by atoms with Crippen LogP contribution in [-0.2, 0) is 16.9 Å². The monoisotopic (exact) mass is 492 g/mol. The summed E-state index contributed by atoms with van der Waals surface area (Å²) in [5.41, 5.74) is 0.0159. The Morgan fingerprint density at radius 3 is 2.51 bits per heavy atom. The Bertz CT molecular complexity index is 1260. The van der Waals surface area contributed by atoms with Gasteiger partial charge in [-0.25, -0.2) is 9.18 Å². The van der Waals surface area contributed by atoms with Crippen LogP contribution in [0, 0.1) is 18.7 Å². The molecule has 2 fully saturated rings. The average Bonchev–Trinajstić information content (AvgIpc) is 3.42. The Balaban J connectivity index is 1.40. The van der Waals surface area contributed by atoms with Crippen molar-refractivity contribution in [3.05, 3.63) is 87.6 Å². The van der Waals surface area contributed by atoms with Gasteiger partial charge in [-0.3, -0.25) is 19.5 Å². The minimum absolute atomic E-state index is 0.00306. The van der Waals surface area contributed by atoms with Crippen LogP contribution in [-0.4, -0.2) is 45.7 Å². The molecule has 1 atom stereocenters. The largest absolute Gasteiger partial charge is 0.338 e. The molecular formula is C26H25FN4O3S. The van der Waals surface area contributed by atoms with Gasteiger partial charge in [-0.05, 0) is 61.6 Å². The summed E-state index contributed by atoms with van der Waals surface area (Å²) in [5.74, 6) is -0.944. The van der Waals surface area contributed by atoms with E-state index in [2.05, 4.69) is 10.3 Å². The topological polar surface area (TPSA) is 82.6 Å². The maximum atomic E-state index is 13.9. The highest BCUT2D eigenvalue weighted by molar-refractivity contribution is 7.13. The van der Waals surface area contributed by atoms with Crippen LogP contribution >= 0.6 is 11.3 Å². The lowest BCUT2D eigenvalue weighted by Gasteiger charge is -2.41. The number of amides is 4. The van der Waals surface area contributed by atoms with Crippen LogP contribution in [0.25, 0.3) is 0 Å². The third-order valence-corrected chi connectivity index (χ3v) is 7.84. The van der Waals surface area contributed by atoms with E-state index >= 15 is 0 Å². The fourth-order valence-electron chi connectivity index (χ4n) is 5.04. The van der Waals surface area contributed by atoms with Crippen molar-refractivity contribution >= 4 is 29.2 Å². The number of nitrogens with one attached hydrogen (secondary N) is 1. The van der Waals surface area contributed by atoms with E-state index in [4.69, 9.17) is 0 Å². The molecule has 1 aromatic carbocycles. The Morgan fingerprint density at radius 2 is 1.89 bits per heavy atom. The van der Waals surface area contributed by atoms with E-state index < -0.39 is 11.6 Å². The SMILES string of the molecule is Cc1ccc(C(=O)N2CCC(C3(c4cccnc4)NC(=O)N(Cc4ccc(F)cc4)C3=O)CC2)s1. The summed E-state index contributed by atoms with van der Waals surface area (Å²) < 4.78 is 13.3. The molecule has 5 rings (SSSR count). The highest BCUT2D eigenvalue weighted by Gasteiger charge is 2.57. The number of pyridine rings is 1. The number of halogens is 1. The predicted molar refractivity (Wildman–Crippen MR) is 129 cm³/mol. The lowest BCUT2D eigenvalue weighted by Crippen LogP contribution is -2.54. The molecule has 0 aliphatic carbocycles.